The number of anilines is 1. The van der Waals surface area contributed by atoms with Crippen LogP contribution >= 0.6 is 24.0 Å². The zero-order valence-corrected chi connectivity index (χ0v) is 12.8. The molecule has 0 amide bonds. The van der Waals surface area contributed by atoms with Crippen LogP contribution in [0, 0.1) is 6.92 Å². The van der Waals surface area contributed by atoms with E-state index in [9.17, 15) is 0 Å². The summed E-state index contributed by atoms with van der Waals surface area (Å²) in [4.78, 5) is 2.90. The Kier molecular flexibility index (Phi) is 3.87. The van der Waals surface area contributed by atoms with Gasteiger partial charge in [0.05, 0.1) is 0 Å². The molecule has 1 aromatic rings. The van der Waals surface area contributed by atoms with Crippen LogP contribution in [-0.2, 0) is 0 Å². The van der Waals surface area contributed by atoms with Gasteiger partial charge in [0.25, 0.3) is 0 Å². The number of thioether (sulfide) groups is 1. The number of thiocarbonyl (C=S) groups is 1. The lowest BCUT2D eigenvalue weighted by Crippen LogP contribution is -2.43. The molecule has 0 bridgehead atoms. The SMILES string of the molecule is Cc1ccc(N2CCSC(C)(C)C2)c(C(N)=S)c1. The summed E-state index contributed by atoms with van der Waals surface area (Å²) in [5, 5.41) is 0. The van der Waals surface area contributed by atoms with Crippen LogP contribution in [0.15, 0.2) is 18.2 Å². The summed E-state index contributed by atoms with van der Waals surface area (Å²) in [7, 11) is 0. The molecule has 0 aromatic heterocycles. The molecule has 2 rings (SSSR count). The minimum atomic E-state index is 0.288. The highest BCUT2D eigenvalue weighted by atomic mass is 32.2. The molecule has 0 spiro atoms. The van der Waals surface area contributed by atoms with Gasteiger partial charge in [-0.3, -0.25) is 0 Å². The van der Waals surface area contributed by atoms with E-state index in [2.05, 4.69) is 43.9 Å². The second kappa shape index (κ2) is 5.10. The number of rotatable bonds is 2. The molecule has 1 aliphatic rings. The van der Waals surface area contributed by atoms with Gasteiger partial charge in [-0.2, -0.15) is 11.8 Å². The Morgan fingerprint density at radius 3 is 2.78 bits per heavy atom. The summed E-state index contributed by atoms with van der Waals surface area (Å²) >= 11 is 7.21. The molecule has 1 heterocycles. The maximum atomic E-state index is 5.86. The lowest BCUT2D eigenvalue weighted by molar-refractivity contribution is 0.647. The van der Waals surface area contributed by atoms with Crippen molar-refractivity contribution in [3.63, 3.8) is 0 Å². The summed E-state index contributed by atoms with van der Waals surface area (Å²) in [5.74, 6) is 1.15. The molecule has 1 fully saturated rings. The lowest BCUT2D eigenvalue weighted by Gasteiger charge is -2.39. The molecule has 0 atom stereocenters. The van der Waals surface area contributed by atoms with Gasteiger partial charge in [-0.05, 0) is 32.9 Å². The fourth-order valence-corrected chi connectivity index (χ4v) is 3.62. The van der Waals surface area contributed by atoms with Crippen molar-refractivity contribution in [1.29, 1.82) is 0 Å². The Balaban J connectivity index is 2.35. The standard InChI is InChI=1S/C14H20N2S2/c1-10-4-5-12(11(8-10)13(15)17)16-6-7-18-14(2,3)9-16/h4-5,8H,6-7,9H2,1-3H3,(H2,15,17). The lowest BCUT2D eigenvalue weighted by atomic mass is 10.1. The molecule has 0 radical (unpaired) electrons. The fraction of sp³-hybridized carbons (Fsp3) is 0.500. The van der Waals surface area contributed by atoms with Crippen molar-refractivity contribution >= 4 is 34.7 Å². The van der Waals surface area contributed by atoms with Gasteiger partial charge in [0.15, 0.2) is 0 Å². The van der Waals surface area contributed by atoms with Crippen molar-refractivity contribution in [1.82, 2.24) is 0 Å². The number of aryl methyl sites for hydroxylation is 1. The first kappa shape index (κ1) is 13.7. The van der Waals surface area contributed by atoms with Crippen molar-refractivity contribution in [3.8, 4) is 0 Å². The zero-order valence-electron chi connectivity index (χ0n) is 11.2. The molecule has 1 aliphatic heterocycles. The maximum Gasteiger partial charge on any atom is 0.106 e. The monoisotopic (exact) mass is 280 g/mol. The third-order valence-corrected chi connectivity index (χ3v) is 4.70. The van der Waals surface area contributed by atoms with Crippen molar-refractivity contribution in [2.45, 2.75) is 25.5 Å². The van der Waals surface area contributed by atoms with E-state index < -0.39 is 0 Å². The van der Waals surface area contributed by atoms with Crippen LogP contribution in [0.2, 0.25) is 0 Å². The molecule has 1 aromatic carbocycles. The summed E-state index contributed by atoms with van der Waals surface area (Å²) < 4.78 is 0.288. The van der Waals surface area contributed by atoms with Crippen molar-refractivity contribution < 1.29 is 0 Å². The van der Waals surface area contributed by atoms with Gasteiger partial charge in [0.1, 0.15) is 4.99 Å². The topological polar surface area (TPSA) is 29.3 Å². The molecule has 0 unspecified atom stereocenters. The highest BCUT2D eigenvalue weighted by Crippen LogP contribution is 2.33. The Morgan fingerprint density at radius 1 is 1.44 bits per heavy atom. The van der Waals surface area contributed by atoms with E-state index in [0.717, 1.165) is 24.4 Å². The van der Waals surface area contributed by atoms with E-state index in [1.807, 2.05) is 11.8 Å². The quantitative estimate of drug-likeness (QED) is 0.843. The Bertz CT molecular complexity index is 469. The third-order valence-electron chi connectivity index (χ3n) is 3.18. The van der Waals surface area contributed by atoms with Crippen LogP contribution in [0.4, 0.5) is 5.69 Å². The molecule has 2 nitrogen and oxygen atoms in total. The third kappa shape index (κ3) is 2.98. The second-order valence-electron chi connectivity index (χ2n) is 5.41. The molecule has 1 saturated heterocycles. The van der Waals surface area contributed by atoms with Crippen LogP contribution in [0.25, 0.3) is 0 Å². The second-order valence-corrected chi connectivity index (χ2v) is 7.66. The van der Waals surface area contributed by atoms with E-state index in [-0.39, 0.29) is 4.75 Å². The summed E-state index contributed by atoms with van der Waals surface area (Å²) in [6.07, 6.45) is 0. The van der Waals surface area contributed by atoms with E-state index >= 15 is 0 Å². The van der Waals surface area contributed by atoms with Crippen LogP contribution in [-0.4, -0.2) is 28.6 Å². The molecule has 4 heteroatoms. The molecule has 0 saturated carbocycles. The molecular weight excluding hydrogens is 260 g/mol. The van der Waals surface area contributed by atoms with Gasteiger partial charge in [0, 0.05) is 34.8 Å². The number of hydrogen-bond acceptors (Lipinski definition) is 3. The fourth-order valence-electron chi connectivity index (χ4n) is 2.35. The first-order chi connectivity index (χ1) is 8.39. The van der Waals surface area contributed by atoms with Crippen LogP contribution in [0.3, 0.4) is 0 Å². The van der Waals surface area contributed by atoms with Gasteiger partial charge in [-0.1, -0.05) is 23.8 Å². The Labute approximate surface area is 119 Å². The number of benzene rings is 1. The highest BCUT2D eigenvalue weighted by Gasteiger charge is 2.28. The summed E-state index contributed by atoms with van der Waals surface area (Å²) in [6, 6.07) is 6.37. The molecule has 98 valence electrons. The minimum Gasteiger partial charge on any atom is -0.389 e. The van der Waals surface area contributed by atoms with Crippen molar-refractivity contribution in [3.05, 3.63) is 29.3 Å². The van der Waals surface area contributed by atoms with E-state index in [4.69, 9.17) is 18.0 Å². The van der Waals surface area contributed by atoms with Gasteiger partial charge in [-0.25, -0.2) is 0 Å². The van der Waals surface area contributed by atoms with Crippen molar-refractivity contribution in [2.75, 3.05) is 23.7 Å². The van der Waals surface area contributed by atoms with Crippen LogP contribution < -0.4 is 10.6 Å². The highest BCUT2D eigenvalue weighted by molar-refractivity contribution is 8.00. The van der Waals surface area contributed by atoms with E-state index in [0.29, 0.717) is 4.99 Å². The van der Waals surface area contributed by atoms with Crippen LogP contribution in [0.5, 0.6) is 0 Å². The van der Waals surface area contributed by atoms with Gasteiger partial charge in [-0.15, -0.1) is 0 Å². The smallest absolute Gasteiger partial charge is 0.106 e. The predicted octanol–water partition coefficient (Wildman–Crippen LogP) is 2.96. The average molecular weight is 280 g/mol. The van der Waals surface area contributed by atoms with Crippen molar-refractivity contribution in [2.24, 2.45) is 5.73 Å². The first-order valence-corrected chi connectivity index (χ1v) is 7.58. The first-order valence-electron chi connectivity index (χ1n) is 6.18. The molecular formula is C14H20N2S2. The maximum absolute atomic E-state index is 5.86. The number of nitrogens with zero attached hydrogens (tertiary/aromatic N) is 1. The zero-order chi connectivity index (χ0) is 13.3. The molecule has 2 N–H and O–H groups in total. The average Bonchev–Trinajstić information content (AvgIpc) is 2.27. The predicted molar refractivity (Wildman–Crippen MR) is 85.8 cm³/mol. The normalized spacial score (nSPS) is 18.7. The molecule has 0 aliphatic carbocycles. The van der Waals surface area contributed by atoms with E-state index in [1.165, 1.54) is 11.3 Å². The molecule has 18 heavy (non-hydrogen) atoms. The minimum absolute atomic E-state index is 0.288. The van der Waals surface area contributed by atoms with Gasteiger partial charge in [0.2, 0.25) is 0 Å². The van der Waals surface area contributed by atoms with Crippen LogP contribution in [0.1, 0.15) is 25.0 Å². The van der Waals surface area contributed by atoms with Gasteiger partial charge >= 0.3 is 0 Å². The number of nitrogens with two attached hydrogens (primary N) is 1. The Morgan fingerprint density at radius 2 is 2.17 bits per heavy atom. The Hall–Kier alpha value is -0.740. The summed E-state index contributed by atoms with van der Waals surface area (Å²) in [6.45, 7) is 8.75. The van der Waals surface area contributed by atoms with E-state index in [1.54, 1.807) is 0 Å². The number of hydrogen-bond donors (Lipinski definition) is 1. The summed E-state index contributed by atoms with van der Waals surface area (Å²) in [5.41, 5.74) is 9.25. The largest absolute Gasteiger partial charge is 0.389 e. The van der Waals surface area contributed by atoms with Gasteiger partial charge < -0.3 is 10.6 Å².